The van der Waals surface area contributed by atoms with Crippen molar-refractivity contribution in [3.63, 3.8) is 0 Å². The second kappa shape index (κ2) is 4.70. The van der Waals surface area contributed by atoms with Crippen LogP contribution < -0.4 is 24.0 Å². The fourth-order valence-electron chi connectivity index (χ4n) is 1.52. The molecule has 1 saturated heterocycles. The maximum atomic E-state index is 11.1. The van der Waals surface area contributed by atoms with Gasteiger partial charge in [0, 0.05) is 6.42 Å². The topological polar surface area (TPSA) is 26.3 Å². The van der Waals surface area contributed by atoms with Crippen molar-refractivity contribution in [2.24, 2.45) is 0 Å². The third kappa shape index (κ3) is 4.37. The highest BCUT2D eigenvalue weighted by Gasteiger charge is 2.33. The Morgan fingerprint density at radius 2 is 2.00 bits per heavy atom. The second-order valence-electron chi connectivity index (χ2n) is 4.54. The maximum Gasteiger partial charge on any atom is 0.164 e. The Kier molecular flexibility index (Phi) is 4.82. The molecule has 1 fully saturated rings. The van der Waals surface area contributed by atoms with Crippen LogP contribution in [0.2, 0.25) is 0 Å². The standard InChI is InChI=1S/C9H18NO2.HI/c1-7-9(11)5-8(12-7)6-10(2,3)4;/h7-8H,5-6H2,1-4H3;1H/q+1;/p-1/t7-,8+;/m1./s1. The number of rotatable bonds is 2. The summed E-state index contributed by atoms with van der Waals surface area (Å²) in [4.78, 5) is 11.1. The lowest BCUT2D eigenvalue weighted by Crippen LogP contribution is -3.00. The van der Waals surface area contributed by atoms with Gasteiger partial charge in [0.2, 0.25) is 0 Å². The minimum absolute atomic E-state index is 0. The number of hydrogen-bond donors (Lipinski definition) is 0. The number of carbonyl (C=O) groups excluding carboxylic acids is 1. The van der Waals surface area contributed by atoms with E-state index in [1.165, 1.54) is 0 Å². The average Bonchev–Trinajstić information content (AvgIpc) is 2.07. The van der Waals surface area contributed by atoms with Gasteiger partial charge in [-0.25, -0.2) is 0 Å². The first-order chi connectivity index (χ1) is 5.38. The molecule has 0 spiro atoms. The molecule has 1 heterocycles. The largest absolute Gasteiger partial charge is 1.00 e. The molecule has 0 aromatic heterocycles. The molecule has 0 saturated carbocycles. The summed E-state index contributed by atoms with van der Waals surface area (Å²) in [6.07, 6.45) is 0.547. The van der Waals surface area contributed by atoms with Crippen LogP contribution in [-0.4, -0.2) is 50.2 Å². The monoisotopic (exact) mass is 299 g/mol. The molecule has 1 aliphatic heterocycles. The van der Waals surface area contributed by atoms with Crippen molar-refractivity contribution in [1.82, 2.24) is 0 Å². The Morgan fingerprint density at radius 3 is 2.31 bits per heavy atom. The van der Waals surface area contributed by atoms with Gasteiger partial charge in [-0.05, 0) is 6.92 Å². The summed E-state index contributed by atoms with van der Waals surface area (Å²) in [6.45, 7) is 2.74. The van der Waals surface area contributed by atoms with Gasteiger partial charge >= 0.3 is 0 Å². The number of hydrogen-bond acceptors (Lipinski definition) is 2. The molecule has 0 amide bonds. The zero-order valence-electron chi connectivity index (χ0n) is 8.71. The molecule has 0 N–H and O–H groups in total. The van der Waals surface area contributed by atoms with E-state index in [9.17, 15) is 4.79 Å². The fourth-order valence-corrected chi connectivity index (χ4v) is 1.52. The third-order valence-electron chi connectivity index (χ3n) is 2.03. The van der Waals surface area contributed by atoms with Crippen LogP contribution in [0.5, 0.6) is 0 Å². The van der Waals surface area contributed by atoms with Gasteiger partial charge in [0.05, 0.1) is 21.1 Å². The summed E-state index contributed by atoms with van der Waals surface area (Å²) in [5.74, 6) is 0.244. The molecule has 0 aromatic carbocycles. The molecule has 3 nitrogen and oxygen atoms in total. The van der Waals surface area contributed by atoms with Crippen LogP contribution in [0.4, 0.5) is 0 Å². The summed E-state index contributed by atoms with van der Waals surface area (Å²) < 4.78 is 6.34. The van der Waals surface area contributed by atoms with Gasteiger partial charge in [0.15, 0.2) is 5.78 Å². The molecular weight excluding hydrogens is 281 g/mol. The van der Waals surface area contributed by atoms with Crippen molar-refractivity contribution >= 4 is 5.78 Å². The van der Waals surface area contributed by atoms with Gasteiger partial charge in [-0.2, -0.15) is 0 Å². The van der Waals surface area contributed by atoms with Crippen molar-refractivity contribution in [3.8, 4) is 0 Å². The van der Waals surface area contributed by atoms with Gasteiger partial charge in [0.1, 0.15) is 18.8 Å². The molecule has 0 aliphatic carbocycles. The number of halogens is 1. The number of ketones is 1. The molecule has 0 aromatic rings. The van der Waals surface area contributed by atoms with Gasteiger partial charge in [-0.1, -0.05) is 0 Å². The van der Waals surface area contributed by atoms with E-state index in [4.69, 9.17) is 4.74 Å². The first-order valence-electron chi connectivity index (χ1n) is 4.37. The Hall–Kier alpha value is 0.320. The first kappa shape index (κ1) is 13.3. The van der Waals surface area contributed by atoms with Crippen molar-refractivity contribution in [3.05, 3.63) is 0 Å². The van der Waals surface area contributed by atoms with Crippen LogP contribution in [0.15, 0.2) is 0 Å². The molecule has 1 aliphatic rings. The lowest BCUT2D eigenvalue weighted by atomic mass is 10.2. The molecule has 4 heteroatoms. The van der Waals surface area contributed by atoms with E-state index in [-0.39, 0.29) is 42.0 Å². The van der Waals surface area contributed by atoms with Crippen LogP contribution in [-0.2, 0) is 9.53 Å². The van der Waals surface area contributed by atoms with E-state index in [1.807, 2.05) is 6.92 Å². The highest BCUT2D eigenvalue weighted by molar-refractivity contribution is 5.84. The van der Waals surface area contributed by atoms with Crippen molar-refractivity contribution < 1.29 is 38.0 Å². The fraction of sp³-hybridized carbons (Fsp3) is 0.889. The lowest BCUT2D eigenvalue weighted by molar-refractivity contribution is -0.873. The smallest absolute Gasteiger partial charge is 0.164 e. The predicted molar refractivity (Wildman–Crippen MR) is 46.9 cm³/mol. The number of ether oxygens (including phenoxy) is 1. The zero-order valence-corrected chi connectivity index (χ0v) is 10.9. The first-order valence-corrected chi connectivity index (χ1v) is 4.37. The summed E-state index contributed by atoms with van der Waals surface area (Å²) in [6, 6.07) is 0. The highest BCUT2D eigenvalue weighted by Crippen LogP contribution is 2.17. The van der Waals surface area contributed by atoms with E-state index in [2.05, 4.69) is 21.1 Å². The molecular formula is C9H18INO2. The van der Waals surface area contributed by atoms with Gasteiger partial charge < -0.3 is 33.2 Å². The van der Waals surface area contributed by atoms with Gasteiger partial charge in [-0.3, -0.25) is 4.79 Å². The van der Waals surface area contributed by atoms with Crippen LogP contribution in [0.3, 0.4) is 0 Å². The zero-order chi connectivity index (χ0) is 9.35. The van der Waals surface area contributed by atoms with Crippen molar-refractivity contribution in [2.75, 3.05) is 27.7 Å². The normalized spacial score (nSPS) is 28.8. The number of nitrogens with zero attached hydrogens (tertiary/aromatic N) is 1. The molecule has 78 valence electrons. The van der Waals surface area contributed by atoms with Gasteiger partial charge in [-0.15, -0.1) is 0 Å². The molecule has 13 heavy (non-hydrogen) atoms. The predicted octanol–water partition coefficient (Wildman–Crippen LogP) is -2.56. The molecule has 0 unspecified atom stereocenters. The van der Waals surface area contributed by atoms with E-state index in [1.54, 1.807) is 0 Å². The van der Waals surface area contributed by atoms with E-state index < -0.39 is 0 Å². The van der Waals surface area contributed by atoms with E-state index in [0.29, 0.717) is 6.42 Å². The Bertz CT molecular complexity index is 189. The number of carbonyl (C=O) groups is 1. The number of quaternary nitrogens is 1. The van der Waals surface area contributed by atoms with E-state index in [0.717, 1.165) is 11.0 Å². The van der Waals surface area contributed by atoms with Crippen LogP contribution in [0, 0.1) is 0 Å². The maximum absolute atomic E-state index is 11.1. The summed E-state index contributed by atoms with van der Waals surface area (Å²) >= 11 is 0. The Morgan fingerprint density at radius 1 is 1.46 bits per heavy atom. The Balaban J connectivity index is 0.00000144. The third-order valence-corrected chi connectivity index (χ3v) is 2.03. The SMILES string of the molecule is C[C@H]1O[C@H](C[N+](C)(C)C)CC1=O.[I-]. The Labute approximate surface area is 97.0 Å². The average molecular weight is 299 g/mol. The molecule has 2 atom stereocenters. The number of likely N-dealkylation sites (N-methyl/N-ethyl adjacent to an activating group) is 1. The van der Waals surface area contributed by atoms with Crippen molar-refractivity contribution in [1.29, 1.82) is 0 Å². The second-order valence-corrected chi connectivity index (χ2v) is 4.54. The lowest BCUT2D eigenvalue weighted by Gasteiger charge is -2.26. The summed E-state index contributed by atoms with van der Waals surface area (Å²) in [5.41, 5.74) is 0. The summed E-state index contributed by atoms with van der Waals surface area (Å²) in [5, 5.41) is 0. The van der Waals surface area contributed by atoms with Gasteiger partial charge in [0.25, 0.3) is 0 Å². The van der Waals surface area contributed by atoms with Crippen LogP contribution in [0.1, 0.15) is 13.3 Å². The molecule has 0 bridgehead atoms. The minimum atomic E-state index is -0.179. The van der Waals surface area contributed by atoms with Crippen molar-refractivity contribution in [2.45, 2.75) is 25.6 Å². The quantitative estimate of drug-likeness (QED) is 0.414. The van der Waals surface area contributed by atoms with Crippen LogP contribution >= 0.6 is 0 Å². The summed E-state index contributed by atoms with van der Waals surface area (Å²) in [7, 11) is 6.32. The van der Waals surface area contributed by atoms with Crippen LogP contribution in [0.25, 0.3) is 0 Å². The molecule has 0 radical (unpaired) electrons. The minimum Gasteiger partial charge on any atom is -1.00 e. The highest BCUT2D eigenvalue weighted by atomic mass is 127. The van der Waals surface area contributed by atoms with E-state index >= 15 is 0 Å². The number of Topliss-reactive ketones (excluding diaryl/α,β-unsaturated/α-hetero) is 1. The molecule has 1 rings (SSSR count).